The van der Waals surface area contributed by atoms with Crippen LogP contribution in [-0.4, -0.2) is 16.8 Å². The molecule has 0 aliphatic heterocycles. The molecular formula is C15H16O4. The number of benzene rings is 1. The zero-order valence-electron chi connectivity index (χ0n) is 10.9. The zero-order valence-corrected chi connectivity index (χ0v) is 10.9. The summed E-state index contributed by atoms with van der Waals surface area (Å²) in [6, 6.07) is 7.37. The summed E-state index contributed by atoms with van der Waals surface area (Å²) in [6.45, 7) is 4.24. The first-order chi connectivity index (χ1) is 9.02. The van der Waals surface area contributed by atoms with Crippen LogP contribution in [0.2, 0.25) is 0 Å². The molecule has 0 spiro atoms. The fourth-order valence-corrected chi connectivity index (χ4v) is 1.35. The molecule has 0 heterocycles. The second-order valence-electron chi connectivity index (χ2n) is 4.29. The Balaban J connectivity index is 0.000000200. The minimum atomic E-state index is -0.121. The van der Waals surface area contributed by atoms with Crippen LogP contribution in [-0.2, 0) is 9.59 Å². The van der Waals surface area contributed by atoms with Gasteiger partial charge in [-0.2, -0.15) is 0 Å². The molecule has 4 nitrogen and oxygen atoms in total. The van der Waals surface area contributed by atoms with Gasteiger partial charge >= 0.3 is 0 Å². The molecule has 0 fully saturated rings. The SMILES string of the molecule is CC(C)c1ccc(OO)cc1.O=C1C=CC(=O)C=C1. The molecular weight excluding hydrogens is 244 g/mol. The summed E-state index contributed by atoms with van der Waals surface area (Å²) < 4.78 is 0. The van der Waals surface area contributed by atoms with Gasteiger partial charge in [0.15, 0.2) is 17.3 Å². The summed E-state index contributed by atoms with van der Waals surface area (Å²) in [6.07, 6.45) is 5.01. The molecule has 0 saturated heterocycles. The fourth-order valence-electron chi connectivity index (χ4n) is 1.35. The van der Waals surface area contributed by atoms with Crippen LogP contribution in [0.3, 0.4) is 0 Å². The van der Waals surface area contributed by atoms with Gasteiger partial charge in [0, 0.05) is 0 Å². The Hall–Kier alpha value is -2.20. The maximum atomic E-state index is 10.3. The molecule has 100 valence electrons. The van der Waals surface area contributed by atoms with Crippen LogP contribution in [0.15, 0.2) is 48.6 Å². The number of hydrogen-bond donors (Lipinski definition) is 1. The van der Waals surface area contributed by atoms with E-state index in [1.807, 2.05) is 12.1 Å². The lowest BCUT2D eigenvalue weighted by atomic mass is 10.0. The highest BCUT2D eigenvalue weighted by Crippen LogP contribution is 2.17. The van der Waals surface area contributed by atoms with Crippen LogP contribution in [0.5, 0.6) is 5.75 Å². The molecule has 0 radical (unpaired) electrons. The van der Waals surface area contributed by atoms with Crippen LogP contribution in [0, 0.1) is 0 Å². The molecule has 2 rings (SSSR count). The van der Waals surface area contributed by atoms with E-state index in [0.29, 0.717) is 11.7 Å². The van der Waals surface area contributed by atoms with Crippen molar-refractivity contribution in [1.82, 2.24) is 0 Å². The lowest BCUT2D eigenvalue weighted by Gasteiger charge is -2.04. The molecule has 1 aliphatic rings. The van der Waals surface area contributed by atoms with Crippen molar-refractivity contribution in [3.63, 3.8) is 0 Å². The highest BCUT2D eigenvalue weighted by Gasteiger charge is 1.98. The summed E-state index contributed by atoms with van der Waals surface area (Å²) in [5.74, 6) is 0.756. The van der Waals surface area contributed by atoms with Gasteiger partial charge in [0.25, 0.3) is 0 Å². The number of allylic oxidation sites excluding steroid dienone is 4. The Morgan fingerprint density at radius 3 is 1.63 bits per heavy atom. The summed E-state index contributed by atoms with van der Waals surface area (Å²) in [5.41, 5.74) is 1.24. The Labute approximate surface area is 111 Å². The predicted molar refractivity (Wildman–Crippen MR) is 72.1 cm³/mol. The van der Waals surface area contributed by atoms with E-state index in [2.05, 4.69) is 18.7 Å². The minimum absolute atomic E-state index is 0.121. The summed E-state index contributed by atoms with van der Waals surface area (Å²) in [4.78, 5) is 24.6. The third-order valence-electron chi connectivity index (χ3n) is 2.48. The van der Waals surface area contributed by atoms with Crippen LogP contribution < -0.4 is 4.89 Å². The molecule has 0 amide bonds. The number of ketones is 2. The van der Waals surface area contributed by atoms with Crippen LogP contribution >= 0.6 is 0 Å². The van der Waals surface area contributed by atoms with Crippen molar-refractivity contribution >= 4 is 11.6 Å². The molecule has 4 heteroatoms. The van der Waals surface area contributed by atoms with Gasteiger partial charge in [0.1, 0.15) is 0 Å². The highest BCUT2D eigenvalue weighted by molar-refractivity contribution is 6.14. The summed E-state index contributed by atoms with van der Waals surface area (Å²) >= 11 is 0. The first-order valence-corrected chi connectivity index (χ1v) is 5.88. The Bertz CT molecular complexity index is 457. The van der Waals surface area contributed by atoms with Gasteiger partial charge in [0.05, 0.1) is 0 Å². The average Bonchev–Trinajstić information content (AvgIpc) is 2.43. The van der Waals surface area contributed by atoms with Gasteiger partial charge in [-0.15, -0.1) is 0 Å². The highest BCUT2D eigenvalue weighted by atomic mass is 17.1. The van der Waals surface area contributed by atoms with E-state index in [4.69, 9.17) is 5.26 Å². The standard InChI is InChI=1S/C9H12O2.C6H4O2/c1-7(2)8-3-5-9(11-10)6-4-8;7-5-1-2-6(8)4-3-5/h3-7,10H,1-2H3;1-4H. The Kier molecular flexibility index (Phi) is 5.70. The number of hydrogen-bond acceptors (Lipinski definition) is 4. The maximum absolute atomic E-state index is 10.3. The first-order valence-electron chi connectivity index (χ1n) is 5.88. The van der Waals surface area contributed by atoms with Gasteiger partial charge in [-0.3, -0.25) is 9.59 Å². The van der Waals surface area contributed by atoms with Crippen molar-refractivity contribution < 1.29 is 19.7 Å². The maximum Gasteiger partial charge on any atom is 0.178 e. The van der Waals surface area contributed by atoms with E-state index < -0.39 is 0 Å². The summed E-state index contributed by atoms with van der Waals surface area (Å²) in [5, 5.41) is 8.27. The monoisotopic (exact) mass is 260 g/mol. The zero-order chi connectivity index (χ0) is 14.3. The molecule has 0 unspecified atom stereocenters. The topological polar surface area (TPSA) is 63.6 Å². The normalized spacial score (nSPS) is 13.3. The van der Waals surface area contributed by atoms with Gasteiger partial charge in [-0.05, 0) is 47.9 Å². The lowest BCUT2D eigenvalue weighted by Crippen LogP contribution is -1.97. The van der Waals surface area contributed by atoms with Gasteiger partial charge < -0.3 is 4.89 Å². The van der Waals surface area contributed by atoms with E-state index >= 15 is 0 Å². The van der Waals surface area contributed by atoms with Gasteiger partial charge in [-0.1, -0.05) is 26.0 Å². The molecule has 0 bridgehead atoms. The molecule has 1 N–H and O–H groups in total. The summed E-state index contributed by atoms with van der Waals surface area (Å²) in [7, 11) is 0. The van der Waals surface area contributed by atoms with E-state index in [1.54, 1.807) is 12.1 Å². The predicted octanol–water partition coefficient (Wildman–Crippen LogP) is 2.91. The molecule has 1 aromatic carbocycles. The molecule has 19 heavy (non-hydrogen) atoms. The van der Waals surface area contributed by atoms with E-state index in [0.717, 1.165) is 0 Å². The van der Waals surface area contributed by atoms with Gasteiger partial charge in [0.2, 0.25) is 0 Å². The molecule has 1 aliphatic carbocycles. The van der Waals surface area contributed by atoms with Crippen LogP contribution in [0.1, 0.15) is 25.3 Å². The van der Waals surface area contributed by atoms with Crippen molar-refractivity contribution in [3.05, 3.63) is 54.1 Å². The third-order valence-corrected chi connectivity index (χ3v) is 2.48. The second kappa shape index (κ2) is 7.28. The third kappa shape index (κ3) is 5.31. The van der Waals surface area contributed by atoms with E-state index in [9.17, 15) is 9.59 Å². The Morgan fingerprint density at radius 1 is 0.895 bits per heavy atom. The molecule has 0 atom stereocenters. The van der Waals surface area contributed by atoms with Crippen LogP contribution in [0.4, 0.5) is 0 Å². The molecule has 0 saturated carbocycles. The van der Waals surface area contributed by atoms with Gasteiger partial charge in [-0.25, -0.2) is 5.26 Å². The van der Waals surface area contributed by atoms with E-state index in [-0.39, 0.29) is 11.6 Å². The van der Waals surface area contributed by atoms with Crippen molar-refractivity contribution in [1.29, 1.82) is 0 Å². The molecule has 1 aromatic rings. The fraction of sp³-hybridized carbons (Fsp3) is 0.200. The van der Waals surface area contributed by atoms with Crippen molar-refractivity contribution in [2.45, 2.75) is 19.8 Å². The smallest absolute Gasteiger partial charge is 0.178 e. The molecule has 0 aromatic heterocycles. The number of rotatable bonds is 2. The van der Waals surface area contributed by atoms with E-state index in [1.165, 1.54) is 29.9 Å². The Morgan fingerprint density at radius 2 is 1.32 bits per heavy atom. The van der Waals surface area contributed by atoms with Crippen LogP contribution in [0.25, 0.3) is 0 Å². The van der Waals surface area contributed by atoms with Crippen molar-refractivity contribution in [2.75, 3.05) is 0 Å². The largest absolute Gasteiger partial charge is 0.340 e. The van der Waals surface area contributed by atoms with Crippen molar-refractivity contribution in [2.24, 2.45) is 0 Å². The minimum Gasteiger partial charge on any atom is -0.340 e. The average molecular weight is 260 g/mol. The lowest BCUT2D eigenvalue weighted by molar-refractivity contribution is -0.137. The first kappa shape index (κ1) is 14.9. The number of carbonyl (C=O) groups excluding carboxylic acids is 2. The quantitative estimate of drug-likeness (QED) is 0.504. The second-order valence-corrected chi connectivity index (χ2v) is 4.29. The number of carbonyl (C=O) groups is 2. The van der Waals surface area contributed by atoms with Crippen molar-refractivity contribution in [3.8, 4) is 5.75 Å².